The molecule has 3 nitrogen and oxygen atoms in total. The maximum atomic E-state index is 4.46. The van der Waals surface area contributed by atoms with E-state index in [1.54, 1.807) is 0 Å². The van der Waals surface area contributed by atoms with Crippen LogP contribution >= 0.6 is 0 Å². The molecule has 0 aliphatic heterocycles. The number of nitrogens with one attached hydrogen (secondary N) is 1. The van der Waals surface area contributed by atoms with E-state index in [2.05, 4.69) is 55.7 Å². The zero-order valence-corrected chi connectivity index (χ0v) is 12.7. The van der Waals surface area contributed by atoms with Crippen LogP contribution in [0.1, 0.15) is 53.3 Å². The highest BCUT2D eigenvalue weighted by Crippen LogP contribution is 2.23. The molecule has 18 heavy (non-hydrogen) atoms. The summed E-state index contributed by atoms with van der Waals surface area (Å²) in [7, 11) is 0. The molecule has 104 valence electrons. The van der Waals surface area contributed by atoms with Crippen LogP contribution in [0.3, 0.4) is 0 Å². The predicted molar refractivity (Wildman–Crippen MR) is 77.8 cm³/mol. The molecule has 3 heteroatoms. The van der Waals surface area contributed by atoms with Crippen LogP contribution in [0.2, 0.25) is 0 Å². The highest BCUT2D eigenvalue weighted by atomic mass is 15.1. The molecule has 0 aliphatic carbocycles. The zero-order valence-electron chi connectivity index (χ0n) is 12.7. The molecule has 1 aromatic heterocycles. The molecular formula is C15H29N3. The van der Waals surface area contributed by atoms with Gasteiger partial charge in [0.05, 0.1) is 0 Å². The molecular weight excluding hydrogens is 222 g/mol. The summed E-state index contributed by atoms with van der Waals surface area (Å²) in [6.45, 7) is 13.4. The van der Waals surface area contributed by atoms with Crippen LogP contribution in [-0.2, 0) is 13.0 Å². The minimum absolute atomic E-state index is 0.304. The molecule has 0 fully saturated rings. The molecule has 1 aromatic rings. The average molecular weight is 251 g/mol. The summed E-state index contributed by atoms with van der Waals surface area (Å²) in [5.74, 6) is 1.21. The largest absolute Gasteiger partial charge is 0.335 e. The lowest BCUT2D eigenvalue weighted by molar-refractivity contribution is 0.253. The van der Waals surface area contributed by atoms with Crippen LogP contribution in [0.4, 0.5) is 0 Å². The average Bonchev–Trinajstić information content (AvgIpc) is 2.74. The number of imidazole rings is 1. The molecule has 1 rings (SSSR count). The molecule has 0 saturated carbocycles. The van der Waals surface area contributed by atoms with Crippen molar-refractivity contribution in [1.29, 1.82) is 0 Å². The van der Waals surface area contributed by atoms with Crippen molar-refractivity contribution in [1.82, 2.24) is 14.9 Å². The van der Waals surface area contributed by atoms with Crippen LogP contribution in [0.5, 0.6) is 0 Å². The first-order chi connectivity index (χ1) is 8.49. The van der Waals surface area contributed by atoms with Gasteiger partial charge in [-0.25, -0.2) is 4.98 Å². The van der Waals surface area contributed by atoms with Gasteiger partial charge in [0, 0.05) is 31.4 Å². The van der Waals surface area contributed by atoms with Gasteiger partial charge in [0.2, 0.25) is 0 Å². The van der Waals surface area contributed by atoms with E-state index in [0.29, 0.717) is 11.5 Å². The van der Waals surface area contributed by atoms with Gasteiger partial charge in [-0.15, -0.1) is 0 Å². The second-order valence-corrected chi connectivity index (χ2v) is 6.04. The topological polar surface area (TPSA) is 29.9 Å². The molecule has 0 aromatic carbocycles. The molecule has 0 amide bonds. The summed E-state index contributed by atoms with van der Waals surface area (Å²) in [6.07, 6.45) is 7.38. The molecule has 0 aliphatic rings. The lowest BCUT2D eigenvalue weighted by Gasteiger charge is -2.31. The second kappa shape index (κ2) is 6.93. The van der Waals surface area contributed by atoms with Gasteiger partial charge in [0.25, 0.3) is 0 Å². The van der Waals surface area contributed by atoms with E-state index in [0.717, 1.165) is 25.9 Å². The third kappa shape index (κ3) is 4.45. The minimum atomic E-state index is 0.304. The van der Waals surface area contributed by atoms with E-state index in [1.807, 2.05) is 6.20 Å². The number of nitrogens with zero attached hydrogens (tertiary/aromatic N) is 2. The summed E-state index contributed by atoms with van der Waals surface area (Å²) < 4.78 is 2.24. The Hall–Kier alpha value is -0.830. The number of rotatable bonds is 7. The quantitative estimate of drug-likeness (QED) is 0.806. The van der Waals surface area contributed by atoms with Gasteiger partial charge in [-0.05, 0) is 31.7 Å². The summed E-state index contributed by atoms with van der Waals surface area (Å²) in [5, 5.41) is 3.67. The molecule has 0 bridgehead atoms. The SMILES string of the molecule is CCCNC(CCc1nccn1CC)C(C)(C)C. The van der Waals surface area contributed by atoms with Gasteiger partial charge in [-0.1, -0.05) is 27.7 Å². The first-order valence-electron chi connectivity index (χ1n) is 7.22. The Kier molecular flexibility index (Phi) is 5.86. The van der Waals surface area contributed by atoms with Crippen LogP contribution in [0.15, 0.2) is 12.4 Å². The Balaban J connectivity index is 2.56. The first-order valence-corrected chi connectivity index (χ1v) is 7.22. The summed E-state index contributed by atoms with van der Waals surface area (Å²) >= 11 is 0. The standard InChI is InChI=1S/C15H29N3/c1-6-10-16-13(15(3,4)5)8-9-14-17-11-12-18(14)7-2/h11-13,16H,6-10H2,1-5H3. The Morgan fingerprint density at radius 3 is 2.61 bits per heavy atom. The van der Waals surface area contributed by atoms with Crippen molar-refractivity contribution in [2.24, 2.45) is 5.41 Å². The van der Waals surface area contributed by atoms with E-state index >= 15 is 0 Å². The smallest absolute Gasteiger partial charge is 0.108 e. The van der Waals surface area contributed by atoms with Gasteiger partial charge in [-0.2, -0.15) is 0 Å². The number of aromatic nitrogens is 2. The van der Waals surface area contributed by atoms with Crippen LogP contribution in [0, 0.1) is 5.41 Å². The van der Waals surface area contributed by atoms with E-state index < -0.39 is 0 Å². The van der Waals surface area contributed by atoms with Crippen LogP contribution in [0.25, 0.3) is 0 Å². The van der Waals surface area contributed by atoms with Gasteiger partial charge in [0.15, 0.2) is 0 Å². The summed E-state index contributed by atoms with van der Waals surface area (Å²) in [5.41, 5.74) is 0.304. The highest BCUT2D eigenvalue weighted by molar-refractivity contribution is 4.94. The number of hydrogen-bond donors (Lipinski definition) is 1. The second-order valence-electron chi connectivity index (χ2n) is 6.04. The van der Waals surface area contributed by atoms with Crippen molar-refractivity contribution in [3.8, 4) is 0 Å². The van der Waals surface area contributed by atoms with Crippen LogP contribution in [-0.4, -0.2) is 22.1 Å². The first kappa shape index (κ1) is 15.2. The molecule has 1 atom stereocenters. The summed E-state index contributed by atoms with van der Waals surface area (Å²) in [6, 6.07) is 0.555. The number of hydrogen-bond acceptors (Lipinski definition) is 2. The van der Waals surface area contributed by atoms with Crippen molar-refractivity contribution in [2.45, 2.75) is 66.5 Å². The third-order valence-electron chi connectivity index (χ3n) is 3.49. The van der Waals surface area contributed by atoms with Crippen LogP contribution < -0.4 is 5.32 Å². The molecule has 0 spiro atoms. The fourth-order valence-corrected chi connectivity index (χ4v) is 2.29. The van der Waals surface area contributed by atoms with Gasteiger partial charge < -0.3 is 9.88 Å². The Bertz CT molecular complexity index is 336. The maximum absolute atomic E-state index is 4.46. The lowest BCUT2D eigenvalue weighted by Crippen LogP contribution is -2.41. The molecule has 0 saturated heterocycles. The normalized spacial score (nSPS) is 13.8. The van der Waals surface area contributed by atoms with Gasteiger partial charge in [0.1, 0.15) is 5.82 Å². The number of aryl methyl sites for hydroxylation is 2. The Morgan fingerprint density at radius 1 is 1.33 bits per heavy atom. The Morgan fingerprint density at radius 2 is 2.06 bits per heavy atom. The van der Waals surface area contributed by atoms with Crippen molar-refractivity contribution < 1.29 is 0 Å². The fourth-order valence-electron chi connectivity index (χ4n) is 2.29. The molecule has 1 unspecified atom stereocenters. The van der Waals surface area contributed by atoms with E-state index in [-0.39, 0.29) is 0 Å². The summed E-state index contributed by atoms with van der Waals surface area (Å²) in [4.78, 5) is 4.46. The maximum Gasteiger partial charge on any atom is 0.108 e. The molecule has 0 radical (unpaired) electrons. The van der Waals surface area contributed by atoms with Crippen molar-refractivity contribution >= 4 is 0 Å². The van der Waals surface area contributed by atoms with Crippen molar-refractivity contribution in [3.05, 3.63) is 18.2 Å². The molecule has 1 heterocycles. The predicted octanol–water partition coefficient (Wildman–Crippen LogP) is 3.25. The van der Waals surface area contributed by atoms with E-state index in [9.17, 15) is 0 Å². The third-order valence-corrected chi connectivity index (χ3v) is 3.49. The fraction of sp³-hybridized carbons (Fsp3) is 0.800. The molecule has 1 N–H and O–H groups in total. The zero-order chi connectivity index (χ0) is 13.6. The van der Waals surface area contributed by atoms with E-state index in [4.69, 9.17) is 0 Å². The lowest BCUT2D eigenvalue weighted by atomic mass is 9.84. The van der Waals surface area contributed by atoms with Gasteiger partial charge in [-0.3, -0.25) is 0 Å². The minimum Gasteiger partial charge on any atom is -0.335 e. The van der Waals surface area contributed by atoms with Crippen molar-refractivity contribution in [3.63, 3.8) is 0 Å². The van der Waals surface area contributed by atoms with Crippen molar-refractivity contribution in [2.75, 3.05) is 6.54 Å². The monoisotopic (exact) mass is 251 g/mol. The highest BCUT2D eigenvalue weighted by Gasteiger charge is 2.23. The Labute approximate surface area is 112 Å². The van der Waals surface area contributed by atoms with Gasteiger partial charge >= 0.3 is 0 Å². The van der Waals surface area contributed by atoms with E-state index in [1.165, 1.54) is 12.2 Å².